The van der Waals surface area contributed by atoms with E-state index in [9.17, 15) is 4.79 Å². The Balaban J connectivity index is 3.36. The van der Waals surface area contributed by atoms with Crippen LogP contribution in [0.25, 0.3) is 0 Å². The number of nitrogens with one attached hydrogen (secondary N) is 1. The normalized spacial score (nSPS) is 10.2. The maximum absolute atomic E-state index is 10.9. The Hall–Kier alpha value is -0.610. The first-order chi connectivity index (χ1) is 5.20. The predicted octanol–water partition coefficient (Wildman–Crippen LogP) is 0.701. The lowest BCUT2D eigenvalue weighted by molar-refractivity contribution is -0.196. The second-order valence-electron chi connectivity index (χ2n) is 2.29. The van der Waals surface area contributed by atoms with Crippen LogP contribution in [0.15, 0.2) is 0 Å². The van der Waals surface area contributed by atoms with Gasteiger partial charge in [-0.1, -0.05) is 18.5 Å². The maximum atomic E-state index is 10.9. The Labute approximate surface area is 67.4 Å². The summed E-state index contributed by atoms with van der Waals surface area (Å²) in [7, 11) is 3.33. The Morgan fingerprint density at radius 3 is 2.73 bits per heavy atom. The molecule has 0 saturated carbocycles. The van der Waals surface area contributed by atoms with E-state index in [0.717, 1.165) is 12.8 Å². The molecular formula is C7H16N2O2. The molecule has 0 rings (SSSR count). The Kier molecular flexibility index (Phi) is 5.78. The summed E-state index contributed by atoms with van der Waals surface area (Å²) >= 11 is 0. The van der Waals surface area contributed by atoms with Gasteiger partial charge in [-0.25, -0.2) is 5.43 Å². The third-order valence-corrected chi connectivity index (χ3v) is 1.29. The lowest BCUT2D eigenvalue weighted by atomic mass is 10.3. The van der Waals surface area contributed by atoms with Gasteiger partial charge in [0.25, 0.3) is 0 Å². The molecule has 0 aromatic rings. The van der Waals surface area contributed by atoms with Crippen molar-refractivity contribution in [2.45, 2.75) is 26.2 Å². The molecule has 0 aliphatic heterocycles. The molecule has 1 N–H and O–H groups in total. The van der Waals surface area contributed by atoms with Gasteiger partial charge in [0.15, 0.2) is 0 Å². The summed E-state index contributed by atoms with van der Waals surface area (Å²) < 4.78 is 0. The van der Waals surface area contributed by atoms with Gasteiger partial charge in [0.1, 0.15) is 0 Å². The topological polar surface area (TPSA) is 41.6 Å². The van der Waals surface area contributed by atoms with E-state index in [1.807, 2.05) is 6.92 Å². The molecular weight excluding hydrogens is 144 g/mol. The molecule has 0 bridgehead atoms. The standard InChI is InChI=1S/C7H16N2O2/c1-4-5-6-7(10)11-9(3)8-2/h8H,4-6H2,1-3H3. The van der Waals surface area contributed by atoms with E-state index in [1.165, 1.54) is 5.17 Å². The first-order valence-corrected chi connectivity index (χ1v) is 3.82. The van der Waals surface area contributed by atoms with Crippen molar-refractivity contribution in [1.82, 2.24) is 10.6 Å². The van der Waals surface area contributed by atoms with E-state index in [0.29, 0.717) is 6.42 Å². The Morgan fingerprint density at radius 2 is 2.27 bits per heavy atom. The van der Waals surface area contributed by atoms with Gasteiger partial charge in [-0.05, 0) is 6.42 Å². The largest absolute Gasteiger partial charge is 0.353 e. The number of hydrogen-bond donors (Lipinski definition) is 1. The van der Waals surface area contributed by atoms with Crippen LogP contribution in [0.4, 0.5) is 0 Å². The van der Waals surface area contributed by atoms with E-state index in [4.69, 9.17) is 4.84 Å². The molecule has 0 unspecified atom stereocenters. The van der Waals surface area contributed by atoms with Crippen LogP contribution in [0, 0.1) is 0 Å². The highest BCUT2D eigenvalue weighted by molar-refractivity contribution is 5.68. The summed E-state index contributed by atoms with van der Waals surface area (Å²) in [6.07, 6.45) is 2.39. The molecule has 66 valence electrons. The molecule has 4 nitrogen and oxygen atoms in total. The predicted molar refractivity (Wildman–Crippen MR) is 42.4 cm³/mol. The SMILES string of the molecule is CCCCC(=O)ON(C)NC. The summed E-state index contributed by atoms with van der Waals surface area (Å²) in [4.78, 5) is 15.7. The van der Waals surface area contributed by atoms with Gasteiger partial charge in [-0.3, -0.25) is 4.79 Å². The number of rotatable bonds is 5. The Bertz CT molecular complexity index is 117. The number of hydrazine groups is 1. The first kappa shape index (κ1) is 10.4. The fourth-order valence-electron chi connectivity index (χ4n) is 0.565. The van der Waals surface area contributed by atoms with Crippen molar-refractivity contribution in [2.75, 3.05) is 14.1 Å². The van der Waals surface area contributed by atoms with Crippen molar-refractivity contribution in [3.63, 3.8) is 0 Å². The van der Waals surface area contributed by atoms with Gasteiger partial charge >= 0.3 is 5.97 Å². The van der Waals surface area contributed by atoms with Crippen molar-refractivity contribution in [2.24, 2.45) is 0 Å². The monoisotopic (exact) mass is 160 g/mol. The van der Waals surface area contributed by atoms with Crippen LogP contribution in [0.1, 0.15) is 26.2 Å². The summed E-state index contributed by atoms with van der Waals surface area (Å²) in [6, 6.07) is 0. The first-order valence-electron chi connectivity index (χ1n) is 3.82. The van der Waals surface area contributed by atoms with E-state index in [-0.39, 0.29) is 5.97 Å². The molecule has 0 heterocycles. The number of nitrogens with zero attached hydrogens (tertiary/aromatic N) is 1. The minimum absolute atomic E-state index is 0.191. The average Bonchev–Trinajstić information content (AvgIpc) is 2.00. The zero-order valence-corrected chi connectivity index (χ0v) is 7.39. The van der Waals surface area contributed by atoms with Crippen LogP contribution in [-0.2, 0) is 9.63 Å². The second-order valence-corrected chi connectivity index (χ2v) is 2.29. The second kappa shape index (κ2) is 6.12. The number of unbranched alkanes of at least 4 members (excludes halogenated alkanes) is 1. The van der Waals surface area contributed by atoms with Crippen molar-refractivity contribution in [3.8, 4) is 0 Å². The average molecular weight is 160 g/mol. The quantitative estimate of drug-likeness (QED) is 0.601. The van der Waals surface area contributed by atoms with Crippen molar-refractivity contribution >= 4 is 5.97 Å². The summed E-state index contributed by atoms with van der Waals surface area (Å²) in [6.45, 7) is 2.04. The Morgan fingerprint density at radius 1 is 1.64 bits per heavy atom. The van der Waals surface area contributed by atoms with Crippen molar-refractivity contribution in [3.05, 3.63) is 0 Å². The van der Waals surface area contributed by atoms with Gasteiger partial charge in [0, 0.05) is 20.5 Å². The molecule has 0 aliphatic carbocycles. The number of carbonyl (C=O) groups excluding carboxylic acids is 1. The molecule has 0 radical (unpaired) electrons. The van der Waals surface area contributed by atoms with Crippen molar-refractivity contribution in [1.29, 1.82) is 0 Å². The highest BCUT2D eigenvalue weighted by atomic mass is 16.7. The fraction of sp³-hybridized carbons (Fsp3) is 0.857. The lowest BCUT2D eigenvalue weighted by Crippen LogP contribution is -2.33. The molecule has 0 amide bonds. The van der Waals surface area contributed by atoms with Crippen LogP contribution in [0.5, 0.6) is 0 Å². The van der Waals surface area contributed by atoms with E-state index < -0.39 is 0 Å². The van der Waals surface area contributed by atoms with Gasteiger partial charge in [0.05, 0.1) is 0 Å². The van der Waals surface area contributed by atoms with Crippen LogP contribution in [-0.4, -0.2) is 25.2 Å². The highest BCUT2D eigenvalue weighted by Gasteiger charge is 2.03. The smallest absolute Gasteiger partial charge is 0.326 e. The molecule has 11 heavy (non-hydrogen) atoms. The van der Waals surface area contributed by atoms with Crippen LogP contribution < -0.4 is 5.43 Å². The van der Waals surface area contributed by atoms with E-state index >= 15 is 0 Å². The zero-order chi connectivity index (χ0) is 8.69. The summed E-state index contributed by atoms with van der Waals surface area (Å²) in [5.74, 6) is -0.191. The highest BCUT2D eigenvalue weighted by Crippen LogP contribution is 1.96. The summed E-state index contributed by atoms with van der Waals surface area (Å²) in [5.41, 5.74) is 2.66. The third kappa shape index (κ3) is 5.82. The molecule has 0 fully saturated rings. The molecule has 0 spiro atoms. The molecule has 0 atom stereocenters. The number of hydrogen-bond acceptors (Lipinski definition) is 4. The van der Waals surface area contributed by atoms with Crippen molar-refractivity contribution < 1.29 is 9.63 Å². The van der Waals surface area contributed by atoms with Gasteiger partial charge in [-0.2, -0.15) is 0 Å². The summed E-state index contributed by atoms with van der Waals surface area (Å²) in [5, 5.41) is 1.29. The van der Waals surface area contributed by atoms with Gasteiger partial charge < -0.3 is 4.84 Å². The minimum atomic E-state index is -0.191. The maximum Gasteiger partial charge on any atom is 0.326 e. The van der Waals surface area contributed by atoms with E-state index in [2.05, 4.69) is 5.43 Å². The van der Waals surface area contributed by atoms with Gasteiger partial charge in [-0.15, -0.1) is 0 Å². The zero-order valence-electron chi connectivity index (χ0n) is 7.39. The fourth-order valence-corrected chi connectivity index (χ4v) is 0.565. The number of carbonyl (C=O) groups is 1. The third-order valence-electron chi connectivity index (χ3n) is 1.29. The lowest BCUT2D eigenvalue weighted by Gasteiger charge is -2.13. The molecule has 0 aromatic heterocycles. The molecule has 0 aliphatic rings. The molecule has 4 heteroatoms. The van der Waals surface area contributed by atoms with Crippen LogP contribution in [0.2, 0.25) is 0 Å². The van der Waals surface area contributed by atoms with E-state index in [1.54, 1.807) is 14.1 Å². The molecule has 0 saturated heterocycles. The number of hydroxylamine groups is 1. The van der Waals surface area contributed by atoms with Crippen LogP contribution in [0.3, 0.4) is 0 Å². The minimum Gasteiger partial charge on any atom is -0.353 e. The van der Waals surface area contributed by atoms with Gasteiger partial charge in [0.2, 0.25) is 0 Å². The van der Waals surface area contributed by atoms with Crippen LogP contribution >= 0.6 is 0 Å². The molecule has 0 aromatic carbocycles.